The zero-order valence-corrected chi connectivity index (χ0v) is 8.55. The quantitative estimate of drug-likeness (QED) is 0.349. The molecule has 0 spiro atoms. The van der Waals surface area contributed by atoms with Crippen LogP contribution in [0.1, 0.15) is 13.8 Å². The first kappa shape index (κ1) is 8.47. The summed E-state index contributed by atoms with van der Waals surface area (Å²) in [7, 11) is 1.17. The van der Waals surface area contributed by atoms with Gasteiger partial charge in [-0.25, -0.2) is 0 Å². The van der Waals surface area contributed by atoms with E-state index in [1.165, 1.54) is 10.2 Å². The Labute approximate surface area is 59.2 Å². The summed E-state index contributed by atoms with van der Waals surface area (Å²) in [5, 5.41) is 3.17. The van der Waals surface area contributed by atoms with Gasteiger partial charge in [-0.05, 0) is 19.5 Å². The zero-order valence-electron chi connectivity index (χ0n) is 5.79. The van der Waals surface area contributed by atoms with Crippen LogP contribution in [0.5, 0.6) is 0 Å². The summed E-state index contributed by atoms with van der Waals surface area (Å²) in [6.45, 7) is 5.05. The Morgan fingerprint density at radius 1 is 1.75 bits per heavy atom. The largest absolute Gasteiger partial charge is 0.300 e. The summed E-state index contributed by atoms with van der Waals surface area (Å²) in [6, 6.07) is 1.10. The third-order valence-electron chi connectivity index (χ3n) is 1.21. The molecule has 0 saturated heterocycles. The van der Waals surface area contributed by atoms with E-state index < -0.39 is 0 Å². The van der Waals surface area contributed by atoms with Crippen LogP contribution < -0.4 is 5.32 Å². The minimum atomic E-state index is -0.124. The van der Waals surface area contributed by atoms with Crippen molar-refractivity contribution in [1.29, 1.82) is 0 Å². The van der Waals surface area contributed by atoms with Crippen molar-refractivity contribution in [2.24, 2.45) is 0 Å². The Balaban J connectivity index is 3.37. The SMILES string of the molecule is CCNC(C)(Cl)C[SiH3]. The third-order valence-corrected chi connectivity index (χ3v) is 3.47. The monoisotopic (exact) mass is 151 g/mol. The van der Waals surface area contributed by atoms with Crippen LogP contribution >= 0.6 is 11.6 Å². The topological polar surface area (TPSA) is 12.0 Å². The highest BCUT2D eigenvalue weighted by molar-refractivity contribution is 6.27. The molecule has 0 amide bonds. The lowest BCUT2D eigenvalue weighted by atomic mass is 10.4. The van der Waals surface area contributed by atoms with Crippen molar-refractivity contribution in [2.75, 3.05) is 6.54 Å². The fourth-order valence-corrected chi connectivity index (χ4v) is 0.877. The van der Waals surface area contributed by atoms with E-state index in [4.69, 9.17) is 11.6 Å². The number of hydrogen-bond acceptors (Lipinski definition) is 1. The second-order valence-electron chi connectivity index (χ2n) is 2.08. The molecule has 0 aromatic rings. The Bertz CT molecular complexity index is 65.4. The molecule has 50 valence electrons. The van der Waals surface area contributed by atoms with E-state index in [1.807, 2.05) is 6.92 Å². The first-order valence-corrected chi connectivity index (χ1v) is 4.85. The van der Waals surface area contributed by atoms with E-state index in [0.29, 0.717) is 0 Å². The average Bonchev–Trinajstić information content (AvgIpc) is 1.67. The van der Waals surface area contributed by atoms with Gasteiger partial charge in [-0.1, -0.05) is 6.92 Å². The van der Waals surface area contributed by atoms with Crippen molar-refractivity contribution in [1.82, 2.24) is 5.32 Å². The van der Waals surface area contributed by atoms with Crippen LogP contribution in [0.25, 0.3) is 0 Å². The lowest BCUT2D eigenvalue weighted by Crippen LogP contribution is -2.35. The lowest BCUT2D eigenvalue weighted by molar-refractivity contribution is 0.551. The normalized spacial score (nSPS) is 18.4. The van der Waals surface area contributed by atoms with Crippen LogP contribution in [0.3, 0.4) is 0 Å². The van der Waals surface area contributed by atoms with Gasteiger partial charge in [0.25, 0.3) is 0 Å². The van der Waals surface area contributed by atoms with Crippen LogP contribution in [0.4, 0.5) is 0 Å². The van der Waals surface area contributed by atoms with E-state index in [-0.39, 0.29) is 5.00 Å². The maximum Gasteiger partial charge on any atom is 0.0875 e. The van der Waals surface area contributed by atoms with Gasteiger partial charge in [0.2, 0.25) is 0 Å². The standard InChI is InChI=1S/C5H14ClNSi/c1-3-7-5(2,6)4-8/h7H,3-4H2,1-2,8H3. The second kappa shape index (κ2) is 3.48. The summed E-state index contributed by atoms with van der Waals surface area (Å²) in [5.41, 5.74) is 0. The Hall–Kier alpha value is 0.467. The number of halogens is 1. The van der Waals surface area contributed by atoms with Crippen molar-refractivity contribution in [2.45, 2.75) is 24.9 Å². The Morgan fingerprint density at radius 3 is 2.38 bits per heavy atom. The molecule has 0 heterocycles. The van der Waals surface area contributed by atoms with E-state index >= 15 is 0 Å². The summed E-state index contributed by atoms with van der Waals surface area (Å²) in [4.78, 5) is -0.124. The molecule has 0 fully saturated rings. The first-order valence-electron chi connectivity index (χ1n) is 3.06. The van der Waals surface area contributed by atoms with Crippen molar-refractivity contribution in [3.8, 4) is 0 Å². The molecule has 1 nitrogen and oxygen atoms in total. The fourth-order valence-electron chi connectivity index (χ4n) is 0.494. The predicted molar refractivity (Wildman–Crippen MR) is 42.7 cm³/mol. The van der Waals surface area contributed by atoms with Crippen molar-refractivity contribution in [3.05, 3.63) is 0 Å². The minimum absolute atomic E-state index is 0.124. The van der Waals surface area contributed by atoms with Crippen molar-refractivity contribution < 1.29 is 0 Å². The van der Waals surface area contributed by atoms with Crippen LogP contribution in [0.15, 0.2) is 0 Å². The summed E-state index contributed by atoms with van der Waals surface area (Å²) in [5.74, 6) is 0. The molecule has 3 heteroatoms. The molecular formula is C5H14ClNSi. The molecule has 0 aliphatic heterocycles. The van der Waals surface area contributed by atoms with Gasteiger partial charge in [0.1, 0.15) is 0 Å². The molecule has 0 bridgehead atoms. The van der Waals surface area contributed by atoms with Gasteiger partial charge < -0.3 is 0 Å². The molecule has 0 aliphatic rings. The molecule has 8 heavy (non-hydrogen) atoms. The van der Waals surface area contributed by atoms with E-state index in [1.54, 1.807) is 0 Å². The van der Waals surface area contributed by atoms with Crippen LogP contribution in [-0.4, -0.2) is 21.8 Å². The highest BCUT2D eigenvalue weighted by atomic mass is 35.5. The van der Waals surface area contributed by atoms with Gasteiger partial charge in [-0.15, -0.1) is 11.6 Å². The smallest absolute Gasteiger partial charge is 0.0875 e. The first-order chi connectivity index (χ1) is 3.62. The molecular weight excluding hydrogens is 138 g/mol. The second-order valence-corrected chi connectivity index (χ2v) is 3.62. The predicted octanol–water partition coefficient (Wildman–Crippen LogP) is 0.335. The molecule has 0 aromatic heterocycles. The Kier molecular flexibility index (Phi) is 3.69. The summed E-state index contributed by atoms with van der Waals surface area (Å²) >= 11 is 5.94. The van der Waals surface area contributed by atoms with Crippen LogP contribution in [0, 0.1) is 0 Å². The summed E-state index contributed by atoms with van der Waals surface area (Å²) < 4.78 is 0. The third kappa shape index (κ3) is 3.47. The molecule has 0 radical (unpaired) electrons. The Morgan fingerprint density at radius 2 is 2.25 bits per heavy atom. The maximum absolute atomic E-state index is 5.94. The van der Waals surface area contributed by atoms with Gasteiger partial charge in [-0.2, -0.15) is 0 Å². The fraction of sp³-hybridized carbons (Fsp3) is 1.00. The zero-order chi connectivity index (χ0) is 6.62. The number of alkyl halides is 1. The molecule has 1 unspecified atom stereocenters. The summed E-state index contributed by atoms with van der Waals surface area (Å²) in [6.07, 6.45) is 0. The number of rotatable bonds is 3. The molecule has 0 aliphatic carbocycles. The van der Waals surface area contributed by atoms with Gasteiger partial charge in [0.15, 0.2) is 0 Å². The highest BCUT2D eigenvalue weighted by Gasteiger charge is 2.13. The van der Waals surface area contributed by atoms with E-state index in [0.717, 1.165) is 12.6 Å². The van der Waals surface area contributed by atoms with Crippen molar-refractivity contribution in [3.63, 3.8) is 0 Å². The molecule has 1 atom stereocenters. The molecule has 1 N–H and O–H groups in total. The van der Waals surface area contributed by atoms with Gasteiger partial charge in [0.05, 0.1) is 5.00 Å². The van der Waals surface area contributed by atoms with Gasteiger partial charge in [-0.3, -0.25) is 5.32 Å². The van der Waals surface area contributed by atoms with E-state index in [9.17, 15) is 0 Å². The van der Waals surface area contributed by atoms with Gasteiger partial charge >= 0.3 is 0 Å². The number of hydrogen-bond donors (Lipinski definition) is 1. The average molecular weight is 152 g/mol. The molecule has 0 saturated carbocycles. The number of nitrogens with one attached hydrogen (secondary N) is 1. The maximum atomic E-state index is 5.94. The van der Waals surface area contributed by atoms with Gasteiger partial charge in [0, 0.05) is 10.2 Å². The highest BCUT2D eigenvalue weighted by Crippen LogP contribution is 2.12. The minimum Gasteiger partial charge on any atom is -0.300 e. The molecule has 0 rings (SSSR count). The molecule has 0 aromatic carbocycles. The van der Waals surface area contributed by atoms with E-state index in [2.05, 4.69) is 12.2 Å². The van der Waals surface area contributed by atoms with Crippen molar-refractivity contribution >= 4 is 21.8 Å². The lowest BCUT2D eigenvalue weighted by Gasteiger charge is -2.20. The van der Waals surface area contributed by atoms with Crippen LogP contribution in [0.2, 0.25) is 6.04 Å². The van der Waals surface area contributed by atoms with Crippen LogP contribution in [-0.2, 0) is 0 Å².